The summed E-state index contributed by atoms with van der Waals surface area (Å²) in [6.45, 7) is 2.27. The first-order chi connectivity index (χ1) is 9.58. The summed E-state index contributed by atoms with van der Waals surface area (Å²) in [5.41, 5.74) is 0.392. The van der Waals surface area contributed by atoms with Crippen molar-refractivity contribution in [1.82, 2.24) is 5.16 Å². The van der Waals surface area contributed by atoms with E-state index >= 15 is 0 Å². The van der Waals surface area contributed by atoms with Gasteiger partial charge in [0.15, 0.2) is 23.0 Å². The average Bonchev–Trinajstić information content (AvgIpc) is 2.89. The van der Waals surface area contributed by atoms with Crippen LogP contribution in [0.5, 0.6) is 11.5 Å². The molecule has 20 heavy (non-hydrogen) atoms. The molecule has 0 unspecified atom stereocenters. The van der Waals surface area contributed by atoms with Gasteiger partial charge in [-0.1, -0.05) is 5.16 Å². The minimum atomic E-state index is -1.16. The largest absolute Gasteiger partial charge is 0.493 e. The number of aromatic nitrogens is 1. The Morgan fingerprint density at radius 2 is 2.25 bits per heavy atom. The van der Waals surface area contributed by atoms with E-state index in [0.29, 0.717) is 28.1 Å². The van der Waals surface area contributed by atoms with Gasteiger partial charge < -0.3 is 19.1 Å². The first kappa shape index (κ1) is 14.4. The van der Waals surface area contributed by atoms with Gasteiger partial charge >= 0.3 is 5.97 Å². The third-order valence-corrected chi connectivity index (χ3v) is 3.22. The molecule has 2 rings (SSSR count). The summed E-state index contributed by atoms with van der Waals surface area (Å²) in [5.74, 6) is 0.129. The lowest BCUT2D eigenvalue weighted by Crippen LogP contribution is -1.98. The van der Waals surface area contributed by atoms with Gasteiger partial charge in [-0.05, 0) is 35.0 Å². The molecule has 0 fully saturated rings. The molecule has 0 saturated carbocycles. The highest BCUT2D eigenvalue weighted by Crippen LogP contribution is 2.43. The van der Waals surface area contributed by atoms with E-state index in [1.54, 1.807) is 12.1 Å². The quantitative estimate of drug-likeness (QED) is 0.899. The number of rotatable bonds is 5. The predicted octanol–water partition coefficient (Wildman–Crippen LogP) is 3.21. The van der Waals surface area contributed by atoms with Crippen LogP contribution in [0.1, 0.15) is 17.4 Å². The normalized spacial score (nSPS) is 10.3. The molecule has 0 atom stereocenters. The second kappa shape index (κ2) is 5.96. The molecule has 0 radical (unpaired) electrons. The fourth-order valence-electron chi connectivity index (χ4n) is 1.71. The van der Waals surface area contributed by atoms with Gasteiger partial charge in [0.2, 0.25) is 0 Å². The van der Waals surface area contributed by atoms with Crippen LogP contribution < -0.4 is 9.47 Å². The van der Waals surface area contributed by atoms with E-state index in [-0.39, 0.29) is 11.5 Å². The summed E-state index contributed by atoms with van der Waals surface area (Å²) in [5, 5.41) is 12.4. The van der Waals surface area contributed by atoms with E-state index < -0.39 is 5.97 Å². The second-order valence-corrected chi connectivity index (χ2v) is 4.62. The zero-order valence-corrected chi connectivity index (χ0v) is 12.4. The molecule has 1 heterocycles. The number of halogens is 1. The van der Waals surface area contributed by atoms with Crippen molar-refractivity contribution >= 4 is 21.9 Å². The lowest BCUT2D eigenvalue weighted by molar-refractivity contribution is 0.0686. The van der Waals surface area contributed by atoms with Gasteiger partial charge in [0.1, 0.15) is 0 Å². The number of nitrogens with zero attached hydrogens (tertiary/aromatic N) is 1. The number of aromatic carboxylic acids is 1. The summed E-state index contributed by atoms with van der Waals surface area (Å²) >= 11 is 3.39. The van der Waals surface area contributed by atoms with Crippen molar-refractivity contribution < 1.29 is 23.9 Å². The van der Waals surface area contributed by atoms with Crippen LogP contribution in [0.2, 0.25) is 0 Å². The summed E-state index contributed by atoms with van der Waals surface area (Å²) < 4.78 is 16.6. The maximum atomic E-state index is 10.9. The monoisotopic (exact) mass is 341 g/mol. The Morgan fingerprint density at radius 3 is 2.80 bits per heavy atom. The Balaban J connectivity index is 2.60. The topological polar surface area (TPSA) is 81.8 Å². The van der Waals surface area contributed by atoms with Gasteiger partial charge in [-0.25, -0.2) is 4.79 Å². The number of carboxylic acid groups (broad SMARTS) is 1. The van der Waals surface area contributed by atoms with E-state index in [0.717, 1.165) is 0 Å². The Labute approximate surface area is 123 Å². The fraction of sp³-hybridized carbons (Fsp3) is 0.231. The molecule has 7 heteroatoms. The standard InChI is InChI=1S/C13H12BrNO5/c1-3-19-12-9(18-2)5-4-7(14)11(12)10-6-8(13(16)17)15-20-10/h4-6H,3H2,1-2H3,(H,16,17). The first-order valence-electron chi connectivity index (χ1n) is 5.78. The summed E-state index contributed by atoms with van der Waals surface area (Å²) in [7, 11) is 1.53. The van der Waals surface area contributed by atoms with Crippen LogP contribution in [0, 0.1) is 0 Å². The minimum Gasteiger partial charge on any atom is -0.493 e. The zero-order valence-electron chi connectivity index (χ0n) is 10.8. The van der Waals surface area contributed by atoms with Crippen LogP contribution in [-0.2, 0) is 0 Å². The first-order valence-corrected chi connectivity index (χ1v) is 6.57. The van der Waals surface area contributed by atoms with E-state index in [1.807, 2.05) is 6.92 Å². The van der Waals surface area contributed by atoms with E-state index in [2.05, 4.69) is 21.1 Å². The van der Waals surface area contributed by atoms with Crippen molar-refractivity contribution in [3.05, 3.63) is 28.4 Å². The van der Waals surface area contributed by atoms with Crippen molar-refractivity contribution in [2.75, 3.05) is 13.7 Å². The molecule has 0 saturated heterocycles. The molecule has 2 aromatic rings. The summed E-state index contributed by atoms with van der Waals surface area (Å²) in [6, 6.07) is 4.84. The number of carboxylic acids is 1. The van der Waals surface area contributed by atoms with Crippen LogP contribution >= 0.6 is 15.9 Å². The number of ether oxygens (including phenoxy) is 2. The maximum absolute atomic E-state index is 10.9. The number of methoxy groups -OCH3 is 1. The Morgan fingerprint density at radius 1 is 1.50 bits per heavy atom. The average molecular weight is 342 g/mol. The summed E-state index contributed by atoms with van der Waals surface area (Å²) in [4.78, 5) is 10.9. The Hall–Kier alpha value is -2.02. The van der Waals surface area contributed by atoms with Crippen LogP contribution in [0.3, 0.4) is 0 Å². The molecular weight excluding hydrogens is 330 g/mol. The Kier molecular flexibility index (Phi) is 4.29. The van der Waals surface area contributed by atoms with Gasteiger partial charge in [-0.15, -0.1) is 0 Å². The zero-order chi connectivity index (χ0) is 14.7. The van der Waals surface area contributed by atoms with E-state index in [1.165, 1.54) is 13.2 Å². The third-order valence-electron chi connectivity index (χ3n) is 2.55. The van der Waals surface area contributed by atoms with Crippen molar-refractivity contribution in [2.45, 2.75) is 6.92 Å². The predicted molar refractivity (Wildman–Crippen MR) is 74.3 cm³/mol. The molecule has 1 aromatic carbocycles. The highest BCUT2D eigenvalue weighted by Gasteiger charge is 2.21. The van der Waals surface area contributed by atoms with Crippen LogP contribution in [0.4, 0.5) is 0 Å². The molecular formula is C13H12BrNO5. The summed E-state index contributed by atoms with van der Waals surface area (Å²) in [6.07, 6.45) is 0. The van der Waals surface area contributed by atoms with E-state index in [9.17, 15) is 4.79 Å². The lowest BCUT2D eigenvalue weighted by Gasteiger charge is -2.13. The Bertz CT molecular complexity index is 638. The molecule has 0 aliphatic heterocycles. The van der Waals surface area contributed by atoms with Gasteiger partial charge in [-0.3, -0.25) is 0 Å². The number of hydrogen-bond acceptors (Lipinski definition) is 5. The van der Waals surface area contributed by atoms with Gasteiger partial charge in [0, 0.05) is 10.5 Å². The van der Waals surface area contributed by atoms with Crippen molar-refractivity contribution in [3.63, 3.8) is 0 Å². The third kappa shape index (κ3) is 2.62. The van der Waals surface area contributed by atoms with E-state index in [4.69, 9.17) is 19.1 Å². The molecule has 6 nitrogen and oxygen atoms in total. The van der Waals surface area contributed by atoms with Crippen LogP contribution in [-0.4, -0.2) is 29.9 Å². The van der Waals surface area contributed by atoms with Crippen molar-refractivity contribution in [3.8, 4) is 22.8 Å². The number of benzene rings is 1. The second-order valence-electron chi connectivity index (χ2n) is 3.77. The molecule has 0 amide bonds. The highest BCUT2D eigenvalue weighted by atomic mass is 79.9. The molecule has 106 valence electrons. The number of hydrogen-bond donors (Lipinski definition) is 1. The van der Waals surface area contributed by atoms with Gasteiger partial charge in [0.25, 0.3) is 0 Å². The lowest BCUT2D eigenvalue weighted by atomic mass is 10.1. The number of carbonyl (C=O) groups is 1. The van der Waals surface area contributed by atoms with Crippen LogP contribution in [0.25, 0.3) is 11.3 Å². The smallest absolute Gasteiger partial charge is 0.358 e. The molecule has 1 N–H and O–H groups in total. The maximum Gasteiger partial charge on any atom is 0.358 e. The van der Waals surface area contributed by atoms with Crippen molar-refractivity contribution in [1.29, 1.82) is 0 Å². The van der Waals surface area contributed by atoms with Gasteiger partial charge in [-0.2, -0.15) is 0 Å². The minimum absolute atomic E-state index is 0.169. The van der Waals surface area contributed by atoms with Crippen molar-refractivity contribution in [2.24, 2.45) is 0 Å². The molecule has 1 aromatic heterocycles. The molecule has 0 aliphatic carbocycles. The highest BCUT2D eigenvalue weighted by molar-refractivity contribution is 9.10. The van der Waals surface area contributed by atoms with Gasteiger partial charge in [0.05, 0.1) is 19.3 Å². The SMILES string of the molecule is CCOc1c(OC)ccc(Br)c1-c1cc(C(=O)O)no1. The molecule has 0 aliphatic rings. The molecule has 0 bridgehead atoms. The fourth-order valence-corrected chi connectivity index (χ4v) is 2.22. The van der Waals surface area contributed by atoms with Crippen LogP contribution in [0.15, 0.2) is 27.2 Å². The molecule has 0 spiro atoms.